The molecule has 0 atom stereocenters. The molecule has 1 N–H and O–H groups in total. The van der Waals surface area contributed by atoms with Gasteiger partial charge in [-0.2, -0.15) is 0 Å². The molecule has 0 radical (unpaired) electrons. The summed E-state index contributed by atoms with van der Waals surface area (Å²) < 4.78 is 3.15. The van der Waals surface area contributed by atoms with E-state index in [0.29, 0.717) is 11.1 Å². The van der Waals surface area contributed by atoms with Crippen LogP contribution < -0.4 is 0 Å². The van der Waals surface area contributed by atoms with E-state index in [1.54, 1.807) is 44.1 Å². The number of amides is 2. The third-order valence-corrected chi connectivity index (χ3v) is 9.12. The van der Waals surface area contributed by atoms with E-state index >= 15 is 0 Å². The maximum Gasteiger partial charge on any atom is 0.253 e. The summed E-state index contributed by atoms with van der Waals surface area (Å²) in [5, 5.41) is 2.44. The fourth-order valence-corrected chi connectivity index (χ4v) is 6.42. The number of para-hydroxylation sites is 2. The first-order valence-electron chi connectivity index (χ1n) is 17.3. The van der Waals surface area contributed by atoms with E-state index < -0.39 is 0 Å². The third-order valence-electron chi connectivity index (χ3n) is 8.63. The van der Waals surface area contributed by atoms with Crippen LogP contribution >= 0.6 is 15.9 Å². The predicted molar refractivity (Wildman–Crippen MR) is 223 cm³/mol. The predicted octanol–water partition coefficient (Wildman–Crippen LogP) is 11.0. The summed E-state index contributed by atoms with van der Waals surface area (Å²) in [4.78, 5) is 30.4. The van der Waals surface area contributed by atoms with E-state index in [-0.39, 0.29) is 11.8 Å². The van der Waals surface area contributed by atoms with Crippen molar-refractivity contribution in [3.63, 3.8) is 0 Å². The molecule has 0 fully saturated rings. The van der Waals surface area contributed by atoms with Gasteiger partial charge in [0.15, 0.2) is 0 Å². The zero-order chi connectivity index (χ0) is 37.3. The Hall–Kier alpha value is -6.18. The minimum Gasteiger partial charge on any atom is -0.355 e. The lowest BCUT2D eigenvalue weighted by Gasteiger charge is -2.14. The molecule has 8 rings (SSSR count). The van der Waals surface area contributed by atoms with Crippen LogP contribution in [-0.4, -0.2) is 59.4 Å². The van der Waals surface area contributed by atoms with E-state index in [9.17, 15) is 9.59 Å². The summed E-state index contributed by atoms with van der Waals surface area (Å²) in [6.07, 6.45) is 0. The van der Waals surface area contributed by atoms with E-state index in [1.165, 1.54) is 27.5 Å². The van der Waals surface area contributed by atoms with Crippen molar-refractivity contribution in [2.75, 3.05) is 28.2 Å². The maximum atomic E-state index is 12.4. The van der Waals surface area contributed by atoms with Gasteiger partial charge in [-0.1, -0.05) is 125 Å². The number of carbonyl (C=O) groups is 2. The van der Waals surface area contributed by atoms with E-state index in [0.717, 1.165) is 26.9 Å². The van der Waals surface area contributed by atoms with Crippen molar-refractivity contribution in [2.24, 2.45) is 0 Å². The van der Waals surface area contributed by atoms with Crippen LogP contribution in [0.2, 0.25) is 0 Å². The Labute approximate surface area is 319 Å². The molecule has 0 saturated carbocycles. The largest absolute Gasteiger partial charge is 0.355 e. The van der Waals surface area contributed by atoms with Crippen molar-refractivity contribution in [2.45, 2.75) is 0 Å². The minimum atomic E-state index is 0.00423. The summed E-state index contributed by atoms with van der Waals surface area (Å²) in [7, 11) is 7.03. The van der Waals surface area contributed by atoms with Gasteiger partial charge in [-0.25, -0.2) is 0 Å². The number of aromatic nitrogens is 2. The van der Waals surface area contributed by atoms with Gasteiger partial charge in [-0.15, -0.1) is 0 Å². The number of hydrogen-bond donors (Lipinski definition) is 1. The molecule has 6 nitrogen and oxygen atoms in total. The molecular weight excluding hydrogens is 720 g/mol. The molecule has 2 heterocycles. The van der Waals surface area contributed by atoms with Gasteiger partial charge in [0.2, 0.25) is 0 Å². The first-order chi connectivity index (χ1) is 25.7. The quantitative estimate of drug-likeness (QED) is 0.190. The highest BCUT2D eigenvalue weighted by molar-refractivity contribution is 9.10. The smallest absolute Gasteiger partial charge is 0.253 e. The number of rotatable bonds is 5. The van der Waals surface area contributed by atoms with Crippen LogP contribution in [0.5, 0.6) is 0 Å². The van der Waals surface area contributed by atoms with Crippen molar-refractivity contribution in [1.82, 2.24) is 19.4 Å². The molecular formula is C46H41BrN4O2. The van der Waals surface area contributed by atoms with Crippen LogP contribution in [0.4, 0.5) is 0 Å². The van der Waals surface area contributed by atoms with Crippen LogP contribution in [0.3, 0.4) is 0 Å². The summed E-state index contributed by atoms with van der Waals surface area (Å²) in [6, 6.07) is 56.9. The average molecular weight is 762 g/mol. The minimum absolute atomic E-state index is 0.00423. The number of H-pyrrole nitrogens is 1. The van der Waals surface area contributed by atoms with E-state index in [4.69, 9.17) is 0 Å². The van der Waals surface area contributed by atoms with E-state index in [1.807, 2.05) is 84.9 Å². The Morgan fingerprint density at radius 3 is 1.70 bits per heavy atom. The fraction of sp³-hybridized carbons (Fsp3) is 0.0870. The van der Waals surface area contributed by atoms with Crippen LogP contribution in [0.1, 0.15) is 20.7 Å². The lowest BCUT2D eigenvalue weighted by molar-refractivity contribution is 0.0820. The summed E-state index contributed by atoms with van der Waals surface area (Å²) >= 11 is 3.31. The lowest BCUT2D eigenvalue weighted by Crippen LogP contribution is -2.21. The van der Waals surface area contributed by atoms with Crippen molar-refractivity contribution >= 4 is 49.6 Å². The van der Waals surface area contributed by atoms with Crippen LogP contribution in [0.15, 0.2) is 174 Å². The molecule has 0 bridgehead atoms. The van der Waals surface area contributed by atoms with Crippen LogP contribution in [-0.2, 0) is 0 Å². The molecule has 264 valence electrons. The second kappa shape index (κ2) is 16.9. The maximum absolute atomic E-state index is 12.4. The second-order valence-electron chi connectivity index (χ2n) is 12.9. The van der Waals surface area contributed by atoms with Crippen molar-refractivity contribution in [3.05, 3.63) is 185 Å². The van der Waals surface area contributed by atoms with Gasteiger partial charge in [0, 0.05) is 71.5 Å². The Balaban J connectivity index is 0.000000150. The number of carbonyl (C=O) groups excluding carboxylic acids is 2. The van der Waals surface area contributed by atoms with Crippen molar-refractivity contribution < 1.29 is 9.59 Å². The lowest BCUT2D eigenvalue weighted by atomic mass is 10.1. The van der Waals surface area contributed by atoms with Gasteiger partial charge in [0.05, 0.1) is 11.2 Å². The molecule has 0 spiro atoms. The van der Waals surface area contributed by atoms with Crippen LogP contribution in [0, 0.1) is 0 Å². The number of aromatic amines is 1. The monoisotopic (exact) mass is 760 g/mol. The highest BCUT2D eigenvalue weighted by Gasteiger charge is 2.15. The number of nitrogens with zero attached hydrogens (tertiary/aromatic N) is 3. The van der Waals surface area contributed by atoms with Gasteiger partial charge < -0.3 is 19.4 Å². The third kappa shape index (κ3) is 8.83. The van der Waals surface area contributed by atoms with Gasteiger partial charge in [-0.05, 0) is 71.8 Å². The molecule has 0 saturated heterocycles. The average Bonchev–Trinajstić information content (AvgIpc) is 3.81. The molecule has 8 aromatic rings. The van der Waals surface area contributed by atoms with Crippen LogP contribution in [0.25, 0.3) is 50.0 Å². The second-order valence-corrected chi connectivity index (χ2v) is 13.8. The molecule has 0 aliphatic carbocycles. The first kappa shape index (κ1) is 36.6. The number of benzene rings is 6. The number of hydrogen-bond acceptors (Lipinski definition) is 2. The highest BCUT2D eigenvalue weighted by Crippen LogP contribution is 2.32. The molecule has 0 unspecified atom stereocenters. The molecule has 2 amide bonds. The Morgan fingerprint density at radius 2 is 1.08 bits per heavy atom. The summed E-state index contributed by atoms with van der Waals surface area (Å²) in [5.41, 5.74) is 9.35. The zero-order valence-electron chi connectivity index (χ0n) is 30.2. The highest BCUT2D eigenvalue weighted by atomic mass is 79.9. The van der Waals surface area contributed by atoms with Gasteiger partial charge in [0.1, 0.15) is 0 Å². The molecule has 7 heteroatoms. The first-order valence-corrected chi connectivity index (χ1v) is 18.1. The van der Waals surface area contributed by atoms with Gasteiger partial charge in [-0.3, -0.25) is 9.59 Å². The molecule has 0 aliphatic heterocycles. The number of fused-ring (bicyclic) bond motifs is 2. The molecule has 0 aliphatic rings. The topological polar surface area (TPSA) is 61.3 Å². The standard InChI is InChI=1S/C23H20N2O.C14H11N.C9H10BrNO/c1-24(2)23(26)19-12-8-13-20(15-19)25-21-14-7-6-11-18(21)16-22(25)17-9-4-3-5-10-17;1-2-6-11(7-3-1)14-10-12-8-4-5-9-13(12)15-14;1-11(2)9(12)7-4-3-5-8(10)6-7/h3-16H,1-2H3;1-10,15H;3-6H,1-2H3. The number of halogens is 1. The Bertz CT molecular complexity index is 2430. The normalized spacial score (nSPS) is 10.5. The zero-order valence-corrected chi connectivity index (χ0v) is 31.8. The molecule has 53 heavy (non-hydrogen) atoms. The van der Waals surface area contributed by atoms with Crippen molar-refractivity contribution in [3.8, 4) is 28.2 Å². The molecule has 6 aromatic carbocycles. The SMILES string of the molecule is CN(C)C(=O)c1cccc(-n2c(-c3ccccc3)cc3ccccc32)c1.CN(C)C(=O)c1cccc(Br)c1.c1ccc(-c2cc3ccccc3[nH]2)cc1. The summed E-state index contributed by atoms with van der Waals surface area (Å²) in [6.45, 7) is 0. The Kier molecular flexibility index (Phi) is 11.7. The van der Waals surface area contributed by atoms with Gasteiger partial charge >= 0.3 is 0 Å². The summed E-state index contributed by atoms with van der Waals surface area (Å²) in [5.74, 6) is 0.0286. The number of nitrogens with one attached hydrogen (secondary N) is 1. The van der Waals surface area contributed by atoms with E-state index in [2.05, 4.69) is 104 Å². The van der Waals surface area contributed by atoms with Gasteiger partial charge in [0.25, 0.3) is 11.8 Å². The molecule has 2 aromatic heterocycles. The fourth-order valence-electron chi connectivity index (χ4n) is 6.02. The van der Waals surface area contributed by atoms with Crippen molar-refractivity contribution in [1.29, 1.82) is 0 Å². The Morgan fingerprint density at radius 1 is 0.528 bits per heavy atom.